The number of carboxylic acid groups (broad SMARTS) is 1. The van der Waals surface area contributed by atoms with Crippen molar-refractivity contribution >= 4 is 16.2 Å². The molecule has 0 aromatic carbocycles. The molecule has 0 saturated carbocycles. The van der Waals surface area contributed by atoms with Gasteiger partial charge in [0, 0.05) is 0 Å². The molecule has 6 nitrogen and oxygen atoms in total. The topological polar surface area (TPSA) is 109 Å². The first-order valence-electron chi connectivity index (χ1n) is 3.57. The molecule has 0 aliphatic rings. The van der Waals surface area contributed by atoms with E-state index in [4.69, 9.17) is 5.11 Å². The molecule has 0 fully saturated rings. The lowest BCUT2D eigenvalue weighted by Gasteiger charge is -2.26. The van der Waals surface area contributed by atoms with Crippen LogP contribution in [-0.2, 0) is 15.0 Å². The third-order valence-electron chi connectivity index (χ3n) is 1.40. The van der Waals surface area contributed by atoms with Gasteiger partial charge in [-0.05, 0) is 5.41 Å². The largest absolute Gasteiger partial charge is 0.480 e. The van der Waals surface area contributed by atoms with E-state index in [1.165, 1.54) is 0 Å². The van der Waals surface area contributed by atoms with Crippen LogP contribution in [0.3, 0.4) is 0 Å². The quantitative estimate of drug-likeness (QED) is 0.571. The second-order valence-corrected chi connectivity index (χ2v) is 5.13. The Balaban J connectivity index is 4.77. The highest BCUT2D eigenvalue weighted by Crippen LogP contribution is 2.19. The van der Waals surface area contributed by atoms with E-state index >= 15 is 0 Å². The van der Waals surface area contributed by atoms with Crippen molar-refractivity contribution in [3.8, 4) is 0 Å². The second-order valence-electron chi connectivity index (χ2n) is 3.80. The van der Waals surface area contributed by atoms with Crippen molar-refractivity contribution in [2.45, 2.75) is 26.8 Å². The zero-order valence-electron chi connectivity index (χ0n) is 7.73. The fourth-order valence-corrected chi connectivity index (χ4v) is 1.54. The number of nitrogens with one attached hydrogen (secondary N) is 1. The Hall–Kier alpha value is -0.660. The van der Waals surface area contributed by atoms with E-state index < -0.39 is 27.6 Å². The predicted octanol–water partition coefficient (Wildman–Crippen LogP) is -0.721. The predicted molar refractivity (Wildman–Crippen MR) is 47.1 cm³/mol. The third kappa shape index (κ3) is 4.81. The fourth-order valence-electron chi connectivity index (χ4n) is 0.762. The van der Waals surface area contributed by atoms with Gasteiger partial charge < -0.3 is 5.11 Å². The lowest BCUT2D eigenvalue weighted by atomic mass is 9.88. The van der Waals surface area contributed by atoms with E-state index in [2.05, 4.69) is 5.14 Å². The van der Waals surface area contributed by atoms with Crippen LogP contribution in [0.2, 0.25) is 0 Å². The number of rotatable bonds is 3. The van der Waals surface area contributed by atoms with Crippen molar-refractivity contribution in [1.29, 1.82) is 0 Å². The summed E-state index contributed by atoms with van der Waals surface area (Å²) >= 11 is 0. The molecule has 0 aromatic heterocycles. The van der Waals surface area contributed by atoms with E-state index in [0.29, 0.717) is 0 Å². The number of nitrogens with two attached hydrogens (primary N) is 1. The first kappa shape index (κ1) is 12.3. The Labute approximate surface area is 77.3 Å². The van der Waals surface area contributed by atoms with Crippen LogP contribution >= 0.6 is 0 Å². The second kappa shape index (κ2) is 3.60. The summed E-state index contributed by atoms with van der Waals surface area (Å²) in [6, 6.07) is -1.22. The maximum atomic E-state index is 10.6. The van der Waals surface area contributed by atoms with Gasteiger partial charge in [0.1, 0.15) is 6.04 Å². The van der Waals surface area contributed by atoms with Gasteiger partial charge in [0.25, 0.3) is 10.2 Å². The van der Waals surface area contributed by atoms with Gasteiger partial charge in [-0.25, -0.2) is 5.14 Å². The summed E-state index contributed by atoms with van der Waals surface area (Å²) < 4.78 is 23.0. The van der Waals surface area contributed by atoms with Gasteiger partial charge in [0.05, 0.1) is 0 Å². The van der Waals surface area contributed by atoms with Gasteiger partial charge in [-0.3, -0.25) is 4.79 Å². The standard InChI is InChI=1S/C6H14N2O4S/c1-6(2,3)4(5(9)10)8-13(7,11)12/h4,8H,1-3H3,(H,9,10)(H2,7,11,12)/t4-/m1/s1. The summed E-state index contributed by atoms with van der Waals surface area (Å²) in [6.45, 7) is 4.80. The Morgan fingerprint density at radius 2 is 1.85 bits per heavy atom. The highest BCUT2D eigenvalue weighted by atomic mass is 32.2. The van der Waals surface area contributed by atoms with Crippen molar-refractivity contribution in [1.82, 2.24) is 4.72 Å². The molecule has 0 amide bonds. The summed E-state index contributed by atoms with van der Waals surface area (Å²) in [6.07, 6.45) is 0. The van der Waals surface area contributed by atoms with Crippen LogP contribution in [0, 0.1) is 5.41 Å². The van der Waals surface area contributed by atoms with Crippen molar-refractivity contribution < 1.29 is 18.3 Å². The molecule has 0 aliphatic heterocycles. The van der Waals surface area contributed by atoms with Gasteiger partial charge in [0.15, 0.2) is 0 Å². The molecule has 0 radical (unpaired) electrons. The minimum Gasteiger partial charge on any atom is -0.480 e. The molecule has 0 saturated heterocycles. The van der Waals surface area contributed by atoms with Crippen molar-refractivity contribution in [2.24, 2.45) is 10.6 Å². The van der Waals surface area contributed by atoms with Gasteiger partial charge in [0.2, 0.25) is 0 Å². The van der Waals surface area contributed by atoms with Crippen LogP contribution < -0.4 is 9.86 Å². The number of hydrogen-bond acceptors (Lipinski definition) is 3. The van der Waals surface area contributed by atoms with E-state index in [0.717, 1.165) is 0 Å². The van der Waals surface area contributed by atoms with Crippen LogP contribution in [0.5, 0.6) is 0 Å². The molecule has 0 unspecified atom stereocenters. The maximum Gasteiger partial charge on any atom is 0.322 e. The maximum absolute atomic E-state index is 10.6. The zero-order valence-corrected chi connectivity index (χ0v) is 8.55. The molecule has 0 spiro atoms. The van der Waals surface area contributed by atoms with E-state index in [1.807, 2.05) is 4.72 Å². The third-order valence-corrected chi connectivity index (χ3v) is 1.96. The summed E-state index contributed by atoms with van der Waals surface area (Å²) in [5.74, 6) is -1.25. The van der Waals surface area contributed by atoms with Crippen LogP contribution in [0.4, 0.5) is 0 Å². The molecule has 4 N–H and O–H groups in total. The molecule has 7 heteroatoms. The molecule has 78 valence electrons. The lowest BCUT2D eigenvalue weighted by molar-refractivity contribution is -0.141. The Kier molecular flexibility index (Phi) is 3.42. The fraction of sp³-hybridized carbons (Fsp3) is 0.833. The van der Waals surface area contributed by atoms with Crippen LogP contribution in [-0.4, -0.2) is 25.5 Å². The number of carboxylic acids is 1. The first-order chi connectivity index (χ1) is 5.54. The Bertz CT molecular complexity index is 290. The monoisotopic (exact) mass is 210 g/mol. The van der Waals surface area contributed by atoms with E-state index in [9.17, 15) is 13.2 Å². The molecule has 13 heavy (non-hydrogen) atoms. The van der Waals surface area contributed by atoms with Gasteiger partial charge in [-0.15, -0.1) is 0 Å². The minimum atomic E-state index is -3.98. The Morgan fingerprint density at radius 1 is 1.46 bits per heavy atom. The van der Waals surface area contributed by atoms with Crippen LogP contribution in [0.25, 0.3) is 0 Å². The van der Waals surface area contributed by atoms with Crippen LogP contribution in [0.1, 0.15) is 20.8 Å². The normalized spacial score (nSPS) is 15.4. The lowest BCUT2D eigenvalue weighted by Crippen LogP contribution is -2.51. The average Bonchev–Trinajstić information content (AvgIpc) is 1.77. The van der Waals surface area contributed by atoms with Crippen molar-refractivity contribution in [3.05, 3.63) is 0 Å². The van der Waals surface area contributed by atoms with E-state index in [1.54, 1.807) is 20.8 Å². The number of hydrogen-bond donors (Lipinski definition) is 3. The average molecular weight is 210 g/mol. The number of aliphatic carboxylic acids is 1. The summed E-state index contributed by atoms with van der Waals surface area (Å²) in [4.78, 5) is 10.6. The zero-order chi connectivity index (χ0) is 10.9. The number of carbonyl (C=O) groups is 1. The Morgan fingerprint density at radius 3 is 1.92 bits per heavy atom. The highest BCUT2D eigenvalue weighted by Gasteiger charge is 2.33. The minimum absolute atomic E-state index is 0.724. The molecule has 0 aromatic rings. The summed E-state index contributed by atoms with van der Waals surface area (Å²) in [5.41, 5.74) is -0.724. The molecule has 1 atom stereocenters. The SMILES string of the molecule is CC(C)(C)[C@H](NS(N)(=O)=O)C(=O)O. The highest BCUT2D eigenvalue weighted by molar-refractivity contribution is 7.87. The van der Waals surface area contributed by atoms with Crippen molar-refractivity contribution in [2.75, 3.05) is 0 Å². The summed E-state index contributed by atoms with van der Waals surface area (Å²) in [5, 5.41) is 13.4. The first-order valence-corrected chi connectivity index (χ1v) is 5.11. The van der Waals surface area contributed by atoms with Gasteiger partial charge in [-0.2, -0.15) is 13.1 Å². The van der Waals surface area contributed by atoms with Gasteiger partial charge in [-0.1, -0.05) is 20.8 Å². The smallest absolute Gasteiger partial charge is 0.322 e. The molecule has 0 heterocycles. The summed E-state index contributed by atoms with van der Waals surface area (Å²) in [7, 11) is -3.98. The molecule has 0 aliphatic carbocycles. The van der Waals surface area contributed by atoms with Crippen molar-refractivity contribution in [3.63, 3.8) is 0 Å². The molecular weight excluding hydrogens is 196 g/mol. The molecule has 0 bridgehead atoms. The molecule has 0 rings (SSSR count). The van der Waals surface area contributed by atoms with E-state index in [-0.39, 0.29) is 0 Å². The van der Waals surface area contributed by atoms with Gasteiger partial charge >= 0.3 is 5.97 Å². The van der Waals surface area contributed by atoms with Crippen LogP contribution in [0.15, 0.2) is 0 Å². The molecular formula is C6H14N2O4S.